The normalized spacial score (nSPS) is 10.1. The van der Waals surface area contributed by atoms with Crippen LogP contribution in [0.5, 0.6) is 0 Å². The smallest absolute Gasteiger partial charge is 0.0638 e. The molecule has 0 radical (unpaired) electrons. The molecule has 0 fully saturated rings. The van der Waals surface area contributed by atoms with E-state index in [-0.39, 0.29) is 0 Å². The molecule has 0 atom stereocenters. The van der Waals surface area contributed by atoms with Gasteiger partial charge in [-0.05, 0) is 37.5 Å². The van der Waals surface area contributed by atoms with E-state index in [0.29, 0.717) is 5.02 Å². The Balaban J connectivity index is 2.26. The molecule has 0 spiro atoms. The number of hydrogen-bond donors (Lipinski definition) is 1. The molecule has 88 valence electrons. The van der Waals surface area contributed by atoms with Gasteiger partial charge in [0, 0.05) is 11.6 Å². The summed E-state index contributed by atoms with van der Waals surface area (Å²) in [4.78, 5) is 0. The summed E-state index contributed by atoms with van der Waals surface area (Å²) in [7, 11) is 0. The second-order valence-corrected chi connectivity index (χ2v) is 4.53. The number of unbranched alkanes of at least 4 members (excludes halogenated alkanes) is 3. The number of halogens is 2. The van der Waals surface area contributed by atoms with E-state index in [1.54, 1.807) is 6.07 Å². The zero-order valence-corrected chi connectivity index (χ0v) is 10.8. The largest absolute Gasteiger partial charge is 0.384 e. The molecular formula is C13H17Cl2N. The highest BCUT2D eigenvalue weighted by molar-refractivity contribution is 6.35. The molecule has 1 rings (SSSR count). The molecule has 1 nitrogen and oxygen atoms in total. The fourth-order valence-electron chi connectivity index (χ4n) is 1.45. The van der Waals surface area contributed by atoms with Crippen LogP contribution < -0.4 is 5.32 Å². The van der Waals surface area contributed by atoms with E-state index >= 15 is 0 Å². The zero-order chi connectivity index (χ0) is 11.8. The van der Waals surface area contributed by atoms with Gasteiger partial charge in [0.25, 0.3) is 0 Å². The Morgan fingerprint density at radius 2 is 2.00 bits per heavy atom. The lowest BCUT2D eigenvalue weighted by Crippen LogP contribution is -2.01. The van der Waals surface area contributed by atoms with Gasteiger partial charge in [0.05, 0.1) is 10.7 Å². The third-order valence-electron chi connectivity index (χ3n) is 2.33. The average molecular weight is 258 g/mol. The van der Waals surface area contributed by atoms with Crippen LogP contribution in [0.1, 0.15) is 25.7 Å². The van der Waals surface area contributed by atoms with Gasteiger partial charge in [0.1, 0.15) is 0 Å². The maximum atomic E-state index is 6.02. The van der Waals surface area contributed by atoms with Crippen molar-refractivity contribution in [1.82, 2.24) is 0 Å². The highest BCUT2D eigenvalue weighted by Crippen LogP contribution is 2.25. The van der Waals surface area contributed by atoms with Crippen LogP contribution in [-0.4, -0.2) is 6.54 Å². The second kappa shape index (κ2) is 7.59. The summed E-state index contributed by atoms with van der Waals surface area (Å²) in [5, 5.41) is 4.71. The van der Waals surface area contributed by atoms with E-state index < -0.39 is 0 Å². The maximum absolute atomic E-state index is 6.02. The Morgan fingerprint density at radius 1 is 1.19 bits per heavy atom. The van der Waals surface area contributed by atoms with E-state index in [4.69, 9.17) is 23.2 Å². The van der Waals surface area contributed by atoms with Crippen molar-refractivity contribution in [3.8, 4) is 0 Å². The Morgan fingerprint density at radius 3 is 2.75 bits per heavy atom. The molecule has 16 heavy (non-hydrogen) atoms. The lowest BCUT2D eigenvalue weighted by Gasteiger charge is -2.08. The molecule has 1 aromatic rings. The van der Waals surface area contributed by atoms with Gasteiger partial charge in [-0.3, -0.25) is 0 Å². The van der Waals surface area contributed by atoms with Crippen LogP contribution in [0.15, 0.2) is 30.9 Å². The van der Waals surface area contributed by atoms with Crippen LogP contribution in [0.25, 0.3) is 0 Å². The maximum Gasteiger partial charge on any atom is 0.0638 e. The molecule has 1 N–H and O–H groups in total. The summed E-state index contributed by atoms with van der Waals surface area (Å²) in [5.74, 6) is 0. The van der Waals surface area contributed by atoms with Crippen LogP contribution in [0.3, 0.4) is 0 Å². The Labute approximate surface area is 107 Å². The summed E-state index contributed by atoms with van der Waals surface area (Å²) in [6.07, 6.45) is 6.60. The van der Waals surface area contributed by atoms with Crippen molar-refractivity contribution in [1.29, 1.82) is 0 Å². The van der Waals surface area contributed by atoms with Gasteiger partial charge < -0.3 is 5.32 Å². The minimum absolute atomic E-state index is 0.707. The van der Waals surface area contributed by atoms with Crippen LogP contribution in [0.4, 0.5) is 5.69 Å². The molecule has 3 heteroatoms. The first kappa shape index (κ1) is 13.4. The predicted molar refractivity (Wildman–Crippen MR) is 73.6 cm³/mol. The van der Waals surface area contributed by atoms with Crippen molar-refractivity contribution >= 4 is 28.9 Å². The van der Waals surface area contributed by atoms with Gasteiger partial charge in [0.2, 0.25) is 0 Å². The summed E-state index contributed by atoms with van der Waals surface area (Å²) in [6, 6.07) is 5.46. The van der Waals surface area contributed by atoms with Crippen molar-refractivity contribution in [2.24, 2.45) is 0 Å². The van der Waals surface area contributed by atoms with Crippen LogP contribution in [-0.2, 0) is 0 Å². The minimum Gasteiger partial charge on any atom is -0.384 e. The Kier molecular flexibility index (Phi) is 6.36. The van der Waals surface area contributed by atoms with Crippen molar-refractivity contribution in [2.75, 3.05) is 11.9 Å². The molecule has 0 aliphatic carbocycles. The van der Waals surface area contributed by atoms with Gasteiger partial charge in [0.15, 0.2) is 0 Å². The lowest BCUT2D eigenvalue weighted by molar-refractivity contribution is 0.709. The van der Waals surface area contributed by atoms with E-state index in [0.717, 1.165) is 30.1 Å². The molecule has 1 aromatic carbocycles. The summed E-state index contributed by atoms with van der Waals surface area (Å²) in [6.45, 7) is 4.63. The van der Waals surface area contributed by atoms with Gasteiger partial charge >= 0.3 is 0 Å². The molecule has 0 amide bonds. The molecule has 0 saturated carbocycles. The van der Waals surface area contributed by atoms with Crippen LogP contribution >= 0.6 is 23.2 Å². The minimum atomic E-state index is 0.707. The Hall–Kier alpha value is -0.660. The number of hydrogen-bond acceptors (Lipinski definition) is 1. The van der Waals surface area contributed by atoms with E-state index in [9.17, 15) is 0 Å². The standard InChI is InChI=1S/C13H17Cl2N/c1-2-3-4-5-6-9-16-13-10-11(14)7-8-12(13)15/h2,7-8,10,16H,1,3-6,9H2. The van der Waals surface area contributed by atoms with E-state index in [1.807, 2.05) is 18.2 Å². The van der Waals surface area contributed by atoms with Crippen LogP contribution in [0, 0.1) is 0 Å². The molecule has 0 aliphatic rings. The van der Waals surface area contributed by atoms with Gasteiger partial charge in [-0.15, -0.1) is 6.58 Å². The quantitative estimate of drug-likeness (QED) is 0.526. The predicted octanol–water partition coefficient (Wildman–Crippen LogP) is 5.15. The molecule has 0 bridgehead atoms. The van der Waals surface area contributed by atoms with E-state index in [1.165, 1.54) is 12.8 Å². The number of rotatable bonds is 7. The zero-order valence-electron chi connectivity index (χ0n) is 9.31. The average Bonchev–Trinajstić information content (AvgIpc) is 2.28. The van der Waals surface area contributed by atoms with Crippen molar-refractivity contribution < 1.29 is 0 Å². The first-order valence-electron chi connectivity index (χ1n) is 5.54. The SMILES string of the molecule is C=CCCCCCNc1cc(Cl)ccc1Cl. The molecule has 0 aliphatic heterocycles. The van der Waals surface area contributed by atoms with Crippen LogP contribution in [0.2, 0.25) is 10.0 Å². The highest BCUT2D eigenvalue weighted by atomic mass is 35.5. The molecule has 0 aromatic heterocycles. The fourth-order valence-corrected chi connectivity index (χ4v) is 1.80. The lowest BCUT2D eigenvalue weighted by atomic mass is 10.2. The number of nitrogens with one attached hydrogen (secondary N) is 1. The Bertz CT molecular complexity index is 337. The summed E-state index contributed by atoms with van der Waals surface area (Å²) >= 11 is 11.9. The topological polar surface area (TPSA) is 12.0 Å². The number of anilines is 1. The van der Waals surface area contributed by atoms with Gasteiger partial charge in [-0.1, -0.05) is 35.7 Å². The molecular weight excluding hydrogens is 241 g/mol. The fraction of sp³-hybridized carbons (Fsp3) is 0.385. The molecule has 0 saturated heterocycles. The first-order chi connectivity index (χ1) is 7.74. The molecule has 0 unspecified atom stereocenters. The van der Waals surface area contributed by atoms with Crippen molar-refractivity contribution in [3.05, 3.63) is 40.9 Å². The van der Waals surface area contributed by atoms with Gasteiger partial charge in [-0.2, -0.15) is 0 Å². The van der Waals surface area contributed by atoms with Gasteiger partial charge in [-0.25, -0.2) is 0 Å². The number of allylic oxidation sites excluding steroid dienone is 1. The highest BCUT2D eigenvalue weighted by Gasteiger charge is 1.99. The monoisotopic (exact) mass is 257 g/mol. The third kappa shape index (κ3) is 4.91. The van der Waals surface area contributed by atoms with Crippen molar-refractivity contribution in [2.45, 2.75) is 25.7 Å². The summed E-state index contributed by atoms with van der Waals surface area (Å²) < 4.78 is 0. The first-order valence-corrected chi connectivity index (χ1v) is 6.29. The molecule has 0 heterocycles. The van der Waals surface area contributed by atoms with Crippen molar-refractivity contribution in [3.63, 3.8) is 0 Å². The third-order valence-corrected chi connectivity index (χ3v) is 2.89. The second-order valence-electron chi connectivity index (χ2n) is 3.69. The summed E-state index contributed by atoms with van der Waals surface area (Å²) in [5.41, 5.74) is 0.915. The van der Waals surface area contributed by atoms with E-state index in [2.05, 4.69) is 11.9 Å². The number of benzene rings is 1.